The molecule has 0 bridgehead atoms. The van der Waals surface area contributed by atoms with E-state index in [4.69, 9.17) is 34.8 Å². The Labute approximate surface area is 376 Å². The summed E-state index contributed by atoms with van der Waals surface area (Å²) in [4.78, 5) is 33.9. The number of pyridine rings is 2. The molecular formula is C40H28Cl3F2KN8O2. The first kappa shape index (κ1) is 42.6. The molecule has 0 fully saturated rings. The van der Waals surface area contributed by atoms with Crippen molar-refractivity contribution >= 4 is 80.1 Å². The first-order valence-electron chi connectivity index (χ1n) is 16.4. The molecule has 4 aromatic carbocycles. The zero-order valence-electron chi connectivity index (χ0n) is 29.9. The first-order chi connectivity index (χ1) is 26.1. The molecule has 16 heteroatoms. The molecule has 0 radical (unpaired) electrons. The SMILES string of the molecule is Cc1nn(-c2ccccc2)c2ncc(C(=O)Nc3ccc(Cl)cc3)c(Cl)c12.Cc1nn(-c2ccccc2)c2ncc(C(=O)Nc3ccc(Cl)cc3)c(F)c12.[F-].[K+]. The van der Waals surface area contributed by atoms with Crippen LogP contribution in [0.15, 0.2) is 122 Å². The number of amides is 2. The Hall–Kier alpha value is -4.57. The maximum atomic E-state index is 15.1. The first-order valence-corrected chi connectivity index (χ1v) is 17.5. The number of carbonyl (C=O) groups is 2. The fourth-order valence-corrected chi connectivity index (χ4v) is 6.30. The second-order valence-electron chi connectivity index (χ2n) is 12.0. The van der Waals surface area contributed by atoms with Gasteiger partial charge in [0.2, 0.25) is 0 Å². The van der Waals surface area contributed by atoms with Crippen molar-refractivity contribution in [3.8, 4) is 11.4 Å². The van der Waals surface area contributed by atoms with E-state index in [1.54, 1.807) is 64.8 Å². The number of benzene rings is 4. The number of fused-ring (bicyclic) bond motifs is 2. The molecule has 0 saturated heterocycles. The summed E-state index contributed by atoms with van der Waals surface area (Å²) < 4.78 is 18.4. The molecule has 4 heterocycles. The summed E-state index contributed by atoms with van der Waals surface area (Å²) in [5.41, 5.74) is 5.04. The number of carbonyl (C=O) groups excluding carboxylic acids is 2. The van der Waals surface area contributed by atoms with Gasteiger partial charge >= 0.3 is 51.4 Å². The zero-order chi connectivity index (χ0) is 37.9. The van der Waals surface area contributed by atoms with E-state index in [0.717, 1.165) is 11.4 Å². The van der Waals surface area contributed by atoms with Gasteiger partial charge in [0.15, 0.2) is 11.3 Å². The fraction of sp³-hybridized carbons (Fsp3) is 0.0500. The molecule has 0 atom stereocenters. The molecule has 8 aromatic rings. The van der Waals surface area contributed by atoms with Crippen molar-refractivity contribution in [1.29, 1.82) is 0 Å². The van der Waals surface area contributed by atoms with E-state index in [0.29, 0.717) is 54.5 Å². The van der Waals surface area contributed by atoms with Gasteiger partial charge in [-0.05, 0) is 86.6 Å². The molecule has 276 valence electrons. The molecule has 0 saturated carbocycles. The number of aryl methyl sites for hydroxylation is 2. The Bertz CT molecular complexity index is 2480. The van der Waals surface area contributed by atoms with Crippen molar-refractivity contribution < 1.29 is 70.1 Å². The van der Waals surface area contributed by atoms with Crippen LogP contribution in [0.5, 0.6) is 0 Å². The number of halogens is 5. The topological polar surface area (TPSA) is 120 Å². The monoisotopic (exact) mass is 834 g/mol. The van der Waals surface area contributed by atoms with Crippen LogP contribution in [0.1, 0.15) is 32.1 Å². The number of nitrogens with one attached hydrogen (secondary N) is 2. The van der Waals surface area contributed by atoms with E-state index < -0.39 is 11.7 Å². The van der Waals surface area contributed by atoms with Crippen LogP contribution in [0.25, 0.3) is 33.4 Å². The maximum Gasteiger partial charge on any atom is 1.00 e. The van der Waals surface area contributed by atoms with Crippen LogP contribution in [0.4, 0.5) is 15.8 Å². The number of hydrogen-bond donors (Lipinski definition) is 2. The Morgan fingerprint density at radius 2 is 0.982 bits per heavy atom. The van der Waals surface area contributed by atoms with Gasteiger partial charge in [-0.25, -0.2) is 23.7 Å². The van der Waals surface area contributed by atoms with Gasteiger partial charge in [0.05, 0.1) is 49.7 Å². The third-order valence-electron chi connectivity index (χ3n) is 8.31. The fourth-order valence-electron chi connectivity index (χ4n) is 5.69. The minimum atomic E-state index is -0.647. The van der Waals surface area contributed by atoms with Crippen LogP contribution in [-0.2, 0) is 0 Å². The molecule has 2 amide bonds. The van der Waals surface area contributed by atoms with Gasteiger partial charge in [-0.15, -0.1) is 0 Å². The van der Waals surface area contributed by atoms with Gasteiger partial charge in [-0.2, -0.15) is 10.2 Å². The van der Waals surface area contributed by atoms with Gasteiger partial charge in [-0.3, -0.25) is 9.59 Å². The van der Waals surface area contributed by atoms with Gasteiger partial charge in [-0.1, -0.05) is 71.2 Å². The number of rotatable bonds is 6. The van der Waals surface area contributed by atoms with Crippen molar-refractivity contribution in [2.24, 2.45) is 0 Å². The maximum absolute atomic E-state index is 15.1. The van der Waals surface area contributed by atoms with E-state index in [1.807, 2.05) is 67.6 Å². The third kappa shape index (κ3) is 9.01. The van der Waals surface area contributed by atoms with Crippen LogP contribution in [0.2, 0.25) is 15.1 Å². The molecule has 2 N–H and O–H groups in total. The van der Waals surface area contributed by atoms with Gasteiger partial charge < -0.3 is 15.3 Å². The molecule has 0 aliphatic heterocycles. The average Bonchev–Trinajstić information content (AvgIpc) is 3.71. The largest absolute Gasteiger partial charge is 1.00 e. The number of para-hydroxylation sites is 2. The van der Waals surface area contributed by atoms with Crippen LogP contribution in [0, 0.1) is 19.7 Å². The predicted molar refractivity (Wildman–Crippen MR) is 211 cm³/mol. The van der Waals surface area contributed by atoms with Crippen molar-refractivity contribution in [3.63, 3.8) is 0 Å². The Morgan fingerprint density at radius 3 is 1.45 bits per heavy atom. The predicted octanol–water partition coefficient (Wildman–Crippen LogP) is 4.07. The smallest absolute Gasteiger partial charge is 1.00 e. The van der Waals surface area contributed by atoms with E-state index in [1.165, 1.54) is 12.4 Å². The normalized spacial score (nSPS) is 10.5. The summed E-state index contributed by atoms with van der Waals surface area (Å²) >= 11 is 18.3. The average molecular weight is 836 g/mol. The Morgan fingerprint density at radius 1 is 0.589 bits per heavy atom. The number of anilines is 2. The van der Waals surface area contributed by atoms with Crippen LogP contribution in [-0.4, -0.2) is 41.3 Å². The zero-order valence-corrected chi connectivity index (χ0v) is 35.3. The van der Waals surface area contributed by atoms with Gasteiger partial charge in [0.1, 0.15) is 5.82 Å². The van der Waals surface area contributed by atoms with E-state index >= 15 is 4.39 Å². The van der Waals surface area contributed by atoms with E-state index in [9.17, 15) is 9.59 Å². The van der Waals surface area contributed by atoms with Crippen molar-refractivity contribution in [1.82, 2.24) is 29.5 Å². The van der Waals surface area contributed by atoms with Crippen molar-refractivity contribution in [3.05, 3.63) is 165 Å². The van der Waals surface area contributed by atoms with E-state index in [-0.39, 0.29) is 78.5 Å². The number of aromatic nitrogens is 6. The second-order valence-corrected chi connectivity index (χ2v) is 13.2. The Kier molecular flexibility index (Phi) is 14.1. The van der Waals surface area contributed by atoms with Crippen LogP contribution >= 0.6 is 34.8 Å². The minimum absolute atomic E-state index is 0. The summed E-state index contributed by atoms with van der Waals surface area (Å²) in [6, 6.07) is 32.4. The minimum Gasteiger partial charge on any atom is -1.00 e. The summed E-state index contributed by atoms with van der Waals surface area (Å²) in [5.74, 6) is -1.58. The summed E-state index contributed by atoms with van der Waals surface area (Å²) in [6.45, 7) is 3.53. The van der Waals surface area contributed by atoms with Crippen LogP contribution in [0.3, 0.4) is 0 Å². The standard InChI is InChI=1S/C20H14Cl2N4O.C20H14ClFN4O.FH.K/c2*1-12-17-18(22)16(20(27)24-14-9-7-13(21)8-10-14)11-23-19(17)26(25-12)15-5-3-2-4-6-15;;/h2*2-11H,1H3,(H,24,27);1H;/q;;;+1/p-1. The summed E-state index contributed by atoms with van der Waals surface area (Å²) in [7, 11) is 0. The van der Waals surface area contributed by atoms with Crippen molar-refractivity contribution in [2.75, 3.05) is 10.6 Å². The second kappa shape index (κ2) is 18.6. The quantitative estimate of drug-likeness (QED) is 0.244. The molecule has 56 heavy (non-hydrogen) atoms. The molecule has 0 unspecified atom stereocenters. The van der Waals surface area contributed by atoms with Gasteiger partial charge in [0.25, 0.3) is 11.8 Å². The molecular weight excluding hydrogens is 808 g/mol. The molecule has 0 aliphatic rings. The molecule has 0 spiro atoms. The number of hydrogen-bond acceptors (Lipinski definition) is 6. The Balaban J connectivity index is 0.000000207. The summed E-state index contributed by atoms with van der Waals surface area (Å²) in [5, 5.41) is 16.7. The van der Waals surface area contributed by atoms with Gasteiger partial charge in [0, 0.05) is 33.8 Å². The van der Waals surface area contributed by atoms with Crippen molar-refractivity contribution in [2.45, 2.75) is 13.8 Å². The molecule has 8 rings (SSSR count). The van der Waals surface area contributed by atoms with Crippen LogP contribution < -0.4 is 66.7 Å². The number of nitrogens with zero attached hydrogens (tertiary/aromatic N) is 6. The molecule has 0 aliphatic carbocycles. The molecule has 4 aromatic heterocycles. The summed E-state index contributed by atoms with van der Waals surface area (Å²) in [6.07, 6.45) is 2.69. The van der Waals surface area contributed by atoms with E-state index in [2.05, 4.69) is 30.8 Å². The third-order valence-corrected chi connectivity index (χ3v) is 9.21. The molecule has 10 nitrogen and oxygen atoms in total.